The number of nitrogens with one attached hydrogen (secondary N) is 1. The van der Waals surface area contributed by atoms with Crippen molar-refractivity contribution >= 4 is 28.5 Å². The van der Waals surface area contributed by atoms with Crippen LogP contribution in [0.2, 0.25) is 0 Å². The molecule has 0 atom stereocenters. The van der Waals surface area contributed by atoms with Gasteiger partial charge in [0.05, 0.1) is 11.4 Å². The Labute approximate surface area is 143 Å². The number of nitrogens with two attached hydrogens (primary N) is 1. The van der Waals surface area contributed by atoms with E-state index in [4.69, 9.17) is 5.73 Å². The van der Waals surface area contributed by atoms with Crippen LogP contribution in [-0.2, 0) is 7.05 Å². The Balaban J connectivity index is 1.87. The van der Waals surface area contributed by atoms with E-state index in [1.807, 2.05) is 23.9 Å². The largest absolute Gasteiger partial charge is 0.382 e. The molecule has 25 heavy (non-hydrogen) atoms. The van der Waals surface area contributed by atoms with Gasteiger partial charge in [-0.05, 0) is 42.5 Å². The molecule has 0 saturated carbocycles. The molecule has 3 heterocycles. The predicted molar refractivity (Wildman–Crippen MR) is 95.8 cm³/mol. The molecule has 0 unspecified atom stereocenters. The molecule has 3 aromatic heterocycles. The van der Waals surface area contributed by atoms with Gasteiger partial charge in [0.15, 0.2) is 0 Å². The van der Waals surface area contributed by atoms with Crippen molar-refractivity contribution in [1.29, 1.82) is 0 Å². The minimum atomic E-state index is -0.288. The number of nitrogen functional groups attached to an aromatic ring is 1. The number of hydrogen-bond donors (Lipinski definition) is 2. The Hall–Kier alpha value is -3.48. The maximum Gasteiger partial charge on any atom is 0.229 e. The average molecular weight is 334 g/mol. The first-order valence-electron chi connectivity index (χ1n) is 7.68. The van der Waals surface area contributed by atoms with Crippen LogP contribution in [0.15, 0.2) is 54.9 Å². The van der Waals surface area contributed by atoms with Crippen molar-refractivity contribution in [3.63, 3.8) is 0 Å². The van der Waals surface area contributed by atoms with Gasteiger partial charge in [-0.1, -0.05) is 0 Å². The lowest BCUT2D eigenvalue weighted by atomic mass is 10.1. The zero-order valence-corrected chi connectivity index (χ0v) is 13.4. The Morgan fingerprint density at radius 3 is 2.64 bits per heavy atom. The molecule has 3 N–H and O–H groups in total. The fourth-order valence-corrected chi connectivity index (χ4v) is 2.66. The van der Waals surface area contributed by atoms with Crippen LogP contribution in [0.3, 0.4) is 0 Å². The van der Waals surface area contributed by atoms with E-state index >= 15 is 0 Å². The molecule has 0 bridgehead atoms. The van der Waals surface area contributed by atoms with Gasteiger partial charge < -0.3 is 15.6 Å². The molecular formula is C18H15FN6. The summed E-state index contributed by atoms with van der Waals surface area (Å²) < 4.78 is 15.2. The van der Waals surface area contributed by atoms with E-state index < -0.39 is 0 Å². The fourth-order valence-electron chi connectivity index (χ4n) is 2.66. The third kappa shape index (κ3) is 2.76. The topological polar surface area (TPSA) is 81.7 Å². The number of pyridine rings is 1. The highest BCUT2D eigenvalue weighted by Gasteiger charge is 2.13. The summed E-state index contributed by atoms with van der Waals surface area (Å²) in [5, 5.41) is 3.99. The standard InChI is InChI=1S/C18H15FN6/c1-25-10-8-13-15(11-4-6-12(19)7-5-11)23-18(24-17(13)25)22-14-3-2-9-21-16(14)20/h2-10H,1H3,(H2,20,21)(H,22,23,24). The number of halogens is 1. The quantitative estimate of drug-likeness (QED) is 0.599. The van der Waals surface area contributed by atoms with Gasteiger partial charge in [0, 0.05) is 30.4 Å². The highest BCUT2D eigenvalue weighted by Crippen LogP contribution is 2.29. The van der Waals surface area contributed by atoms with E-state index in [0.717, 1.165) is 22.3 Å². The molecule has 1 aromatic carbocycles. The number of nitrogens with zero attached hydrogens (tertiary/aromatic N) is 4. The molecule has 0 amide bonds. The highest BCUT2D eigenvalue weighted by molar-refractivity contribution is 5.92. The summed E-state index contributed by atoms with van der Waals surface area (Å²) in [6, 6.07) is 11.8. The first-order valence-corrected chi connectivity index (χ1v) is 7.68. The zero-order valence-electron chi connectivity index (χ0n) is 13.4. The van der Waals surface area contributed by atoms with E-state index in [0.29, 0.717) is 17.5 Å². The molecule has 0 radical (unpaired) electrons. The van der Waals surface area contributed by atoms with Crippen molar-refractivity contribution in [2.45, 2.75) is 0 Å². The maximum atomic E-state index is 13.3. The molecule has 0 saturated heterocycles. The van der Waals surface area contributed by atoms with E-state index in [9.17, 15) is 4.39 Å². The number of aryl methyl sites for hydroxylation is 1. The van der Waals surface area contributed by atoms with Crippen molar-refractivity contribution in [2.24, 2.45) is 7.05 Å². The molecule has 0 fully saturated rings. The summed E-state index contributed by atoms with van der Waals surface area (Å²) in [7, 11) is 1.91. The van der Waals surface area contributed by atoms with Gasteiger partial charge in [0.1, 0.15) is 17.3 Å². The van der Waals surface area contributed by atoms with Crippen LogP contribution in [0.25, 0.3) is 22.3 Å². The van der Waals surface area contributed by atoms with Crippen LogP contribution >= 0.6 is 0 Å². The monoisotopic (exact) mass is 334 g/mol. The van der Waals surface area contributed by atoms with Gasteiger partial charge in [0.2, 0.25) is 5.95 Å². The summed E-state index contributed by atoms with van der Waals surface area (Å²) in [6.45, 7) is 0. The summed E-state index contributed by atoms with van der Waals surface area (Å²) in [5.74, 6) is 0.471. The van der Waals surface area contributed by atoms with Crippen LogP contribution in [0.1, 0.15) is 0 Å². The average Bonchev–Trinajstić information content (AvgIpc) is 2.98. The summed E-state index contributed by atoms with van der Waals surface area (Å²) in [4.78, 5) is 13.2. The third-order valence-corrected chi connectivity index (χ3v) is 3.93. The lowest BCUT2D eigenvalue weighted by Gasteiger charge is -2.10. The van der Waals surface area contributed by atoms with Crippen molar-refractivity contribution in [3.05, 3.63) is 60.7 Å². The van der Waals surface area contributed by atoms with E-state index in [-0.39, 0.29) is 5.82 Å². The molecule has 4 rings (SSSR count). The number of fused-ring (bicyclic) bond motifs is 1. The first kappa shape index (κ1) is 15.1. The molecule has 0 spiro atoms. The van der Waals surface area contributed by atoms with Gasteiger partial charge in [-0.3, -0.25) is 0 Å². The van der Waals surface area contributed by atoms with Gasteiger partial charge >= 0.3 is 0 Å². The Bertz CT molecular complexity index is 1060. The van der Waals surface area contributed by atoms with Crippen molar-refractivity contribution in [2.75, 3.05) is 11.1 Å². The van der Waals surface area contributed by atoms with Crippen LogP contribution in [0.4, 0.5) is 21.8 Å². The lowest BCUT2D eigenvalue weighted by molar-refractivity contribution is 0.628. The number of benzene rings is 1. The molecule has 0 aliphatic carbocycles. The van der Waals surface area contributed by atoms with E-state index in [2.05, 4.69) is 20.3 Å². The van der Waals surface area contributed by atoms with Gasteiger partial charge in [-0.25, -0.2) is 14.4 Å². The highest BCUT2D eigenvalue weighted by atomic mass is 19.1. The molecule has 0 aliphatic heterocycles. The SMILES string of the molecule is Cn1ccc2c(-c3ccc(F)cc3)nc(Nc3cccnc3N)nc21. The van der Waals surface area contributed by atoms with Gasteiger partial charge in [-0.15, -0.1) is 0 Å². The van der Waals surface area contributed by atoms with Crippen molar-refractivity contribution in [3.8, 4) is 11.3 Å². The second kappa shape index (κ2) is 5.86. The zero-order chi connectivity index (χ0) is 17.4. The van der Waals surface area contributed by atoms with Crippen LogP contribution in [-0.4, -0.2) is 19.5 Å². The Kier molecular flexibility index (Phi) is 3.53. The molecule has 4 aromatic rings. The normalized spacial score (nSPS) is 11.0. The molecular weight excluding hydrogens is 319 g/mol. The second-order valence-electron chi connectivity index (χ2n) is 5.63. The second-order valence-corrected chi connectivity index (χ2v) is 5.63. The maximum absolute atomic E-state index is 13.3. The molecule has 6 nitrogen and oxygen atoms in total. The fraction of sp³-hybridized carbons (Fsp3) is 0.0556. The summed E-state index contributed by atoms with van der Waals surface area (Å²) in [6.07, 6.45) is 3.53. The van der Waals surface area contributed by atoms with Crippen molar-refractivity contribution < 1.29 is 4.39 Å². The van der Waals surface area contributed by atoms with Crippen LogP contribution < -0.4 is 11.1 Å². The van der Waals surface area contributed by atoms with Gasteiger partial charge in [-0.2, -0.15) is 4.98 Å². The van der Waals surface area contributed by atoms with Crippen LogP contribution in [0, 0.1) is 5.82 Å². The molecule has 124 valence electrons. The third-order valence-electron chi connectivity index (χ3n) is 3.93. The van der Waals surface area contributed by atoms with E-state index in [1.165, 1.54) is 12.1 Å². The number of anilines is 3. The van der Waals surface area contributed by atoms with Gasteiger partial charge in [0.25, 0.3) is 0 Å². The summed E-state index contributed by atoms with van der Waals surface area (Å²) >= 11 is 0. The van der Waals surface area contributed by atoms with Crippen molar-refractivity contribution in [1.82, 2.24) is 19.5 Å². The predicted octanol–water partition coefficient (Wildman–Crippen LogP) is 3.50. The Morgan fingerprint density at radius 2 is 1.88 bits per heavy atom. The number of rotatable bonds is 3. The van der Waals surface area contributed by atoms with Crippen LogP contribution in [0.5, 0.6) is 0 Å². The number of hydrogen-bond acceptors (Lipinski definition) is 5. The minimum Gasteiger partial charge on any atom is -0.382 e. The lowest BCUT2D eigenvalue weighted by Crippen LogP contribution is -2.03. The minimum absolute atomic E-state index is 0.288. The molecule has 0 aliphatic rings. The van der Waals surface area contributed by atoms with E-state index in [1.54, 1.807) is 30.5 Å². The smallest absolute Gasteiger partial charge is 0.229 e. The molecule has 7 heteroatoms. The number of aromatic nitrogens is 4. The first-order chi connectivity index (χ1) is 12.1. The Morgan fingerprint density at radius 1 is 1.08 bits per heavy atom. The summed E-state index contributed by atoms with van der Waals surface area (Å²) in [5.41, 5.74) is 8.80.